The van der Waals surface area contributed by atoms with E-state index in [2.05, 4.69) is 15.5 Å². The van der Waals surface area contributed by atoms with Crippen LogP contribution in [0.4, 0.5) is 13.2 Å². The van der Waals surface area contributed by atoms with Gasteiger partial charge in [-0.1, -0.05) is 0 Å². The smallest absolute Gasteiger partial charge is 0.347 e. The summed E-state index contributed by atoms with van der Waals surface area (Å²) in [6.45, 7) is 0.0154. The third-order valence-electron chi connectivity index (χ3n) is 4.71. The summed E-state index contributed by atoms with van der Waals surface area (Å²) in [7, 11) is 3.74. The van der Waals surface area contributed by atoms with E-state index in [1.54, 1.807) is 11.8 Å². The fourth-order valence-electron chi connectivity index (χ4n) is 3.07. The SMILES string of the molecule is CN(C)C1(C(=O)NCc2nnc3ccc(C(F)(F)F)cn23)CCCSC1. The summed E-state index contributed by atoms with van der Waals surface area (Å²) in [4.78, 5) is 14.7. The lowest BCUT2D eigenvalue weighted by molar-refractivity contribution is -0.138. The van der Waals surface area contributed by atoms with Gasteiger partial charge >= 0.3 is 6.18 Å². The van der Waals surface area contributed by atoms with Crippen LogP contribution in [0.3, 0.4) is 0 Å². The summed E-state index contributed by atoms with van der Waals surface area (Å²) in [5, 5.41) is 10.6. The van der Waals surface area contributed by atoms with Crippen molar-refractivity contribution < 1.29 is 18.0 Å². The van der Waals surface area contributed by atoms with E-state index in [-0.39, 0.29) is 18.3 Å². The molecule has 0 saturated carbocycles. The van der Waals surface area contributed by atoms with Crippen molar-refractivity contribution in [2.75, 3.05) is 25.6 Å². The molecule has 2 aromatic rings. The number of nitrogens with one attached hydrogen (secondary N) is 1. The third kappa shape index (κ3) is 3.52. The van der Waals surface area contributed by atoms with Crippen LogP contribution in [0.1, 0.15) is 24.2 Å². The van der Waals surface area contributed by atoms with Crippen LogP contribution in [0.25, 0.3) is 5.65 Å². The van der Waals surface area contributed by atoms with Crippen molar-refractivity contribution in [3.63, 3.8) is 0 Å². The topological polar surface area (TPSA) is 62.5 Å². The first-order valence-electron chi connectivity index (χ1n) is 8.18. The van der Waals surface area contributed by atoms with Crippen LogP contribution in [0.15, 0.2) is 18.3 Å². The maximum Gasteiger partial charge on any atom is 0.417 e. The molecular weight excluding hydrogens is 367 g/mol. The van der Waals surface area contributed by atoms with Crippen LogP contribution in [0, 0.1) is 0 Å². The molecule has 0 spiro atoms. The number of carbonyl (C=O) groups excluding carboxylic acids is 1. The molecule has 3 rings (SSSR count). The van der Waals surface area contributed by atoms with Gasteiger partial charge in [-0.05, 0) is 44.8 Å². The van der Waals surface area contributed by atoms with Gasteiger partial charge in [-0.3, -0.25) is 14.1 Å². The molecule has 1 saturated heterocycles. The molecule has 1 amide bonds. The van der Waals surface area contributed by atoms with E-state index in [9.17, 15) is 18.0 Å². The van der Waals surface area contributed by atoms with Crippen LogP contribution in [0.2, 0.25) is 0 Å². The highest BCUT2D eigenvalue weighted by Gasteiger charge is 2.42. The van der Waals surface area contributed by atoms with Crippen LogP contribution in [-0.2, 0) is 17.5 Å². The summed E-state index contributed by atoms with van der Waals surface area (Å²) in [6, 6.07) is 2.23. The number of alkyl halides is 3. The molecular formula is C16H20F3N5OS. The lowest BCUT2D eigenvalue weighted by atomic mass is 9.92. The van der Waals surface area contributed by atoms with Gasteiger partial charge in [0.05, 0.1) is 12.1 Å². The van der Waals surface area contributed by atoms with Crippen molar-refractivity contribution in [2.45, 2.75) is 31.1 Å². The molecule has 142 valence electrons. The number of nitrogens with zero attached hydrogens (tertiary/aromatic N) is 4. The van der Waals surface area contributed by atoms with E-state index in [0.29, 0.717) is 11.4 Å². The Morgan fingerprint density at radius 3 is 2.77 bits per heavy atom. The molecule has 6 nitrogen and oxygen atoms in total. The average molecular weight is 387 g/mol. The predicted molar refractivity (Wildman–Crippen MR) is 92.8 cm³/mol. The summed E-state index contributed by atoms with van der Waals surface area (Å²) in [6.07, 6.45) is -1.81. The molecule has 2 aromatic heterocycles. The van der Waals surface area contributed by atoms with Crippen LogP contribution >= 0.6 is 11.8 Å². The van der Waals surface area contributed by atoms with Gasteiger partial charge < -0.3 is 5.32 Å². The number of aromatic nitrogens is 3. The number of hydrogen-bond donors (Lipinski definition) is 1. The standard InChI is InChI=1S/C16H20F3N5OS/c1-23(2)15(6-3-7-26-10-15)14(25)20-8-13-22-21-12-5-4-11(9-24(12)13)16(17,18)19/h4-5,9H,3,6-8,10H2,1-2H3,(H,20,25). The van der Waals surface area contributed by atoms with E-state index in [0.717, 1.165) is 30.9 Å². The molecule has 0 bridgehead atoms. The molecule has 1 aliphatic rings. The highest BCUT2D eigenvalue weighted by molar-refractivity contribution is 7.99. The maximum absolute atomic E-state index is 12.9. The Balaban J connectivity index is 1.79. The van der Waals surface area contributed by atoms with Crippen LogP contribution in [0.5, 0.6) is 0 Å². The highest BCUT2D eigenvalue weighted by Crippen LogP contribution is 2.31. The van der Waals surface area contributed by atoms with Gasteiger partial charge in [-0.25, -0.2) is 0 Å². The minimum atomic E-state index is -4.45. The summed E-state index contributed by atoms with van der Waals surface area (Å²) in [5.74, 6) is 1.83. The van der Waals surface area contributed by atoms with Crippen molar-refractivity contribution in [3.8, 4) is 0 Å². The van der Waals surface area contributed by atoms with Crippen LogP contribution < -0.4 is 5.32 Å². The number of fused-ring (bicyclic) bond motifs is 1. The largest absolute Gasteiger partial charge is 0.417 e. The van der Waals surface area contributed by atoms with Crippen molar-refractivity contribution in [1.82, 2.24) is 24.8 Å². The van der Waals surface area contributed by atoms with Gasteiger partial charge in [-0.15, -0.1) is 10.2 Å². The third-order valence-corrected chi connectivity index (χ3v) is 5.96. The predicted octanol–water partition coefficient (Wildman–Crippen LogP) is 2.19. The van der Waals surface area contributed by atoms with E-state index >= 15 is 0 Å². The number of thioether (sulfide) groups is 1. The Labute approximate surface area is 153 Å². The fourth-order valence-corrected chi connectivity index (χ4v) is 4.43. The zero-order valence-corrected chi connectivity index (χ0v) is 15.3. The molecule has 1 atom stereocenters. The van der Waals surface area contributed by atoms with Gasteiger partial charge in [-0.2, -0.15) is 24.9 Å². The number of hydrogen-bond acceptors (Lipinski definition) is 5. The zero-order chi connectivity index (χ0) is 18.9. The van der Waals surface area contributed by atoms with Crippen LogP contribution in [-0.4, -0.2) is 56.5 Å². The number of likely N-dealkylation sites (N-methyl/N-ethyl adjacent to an activating group) is 1. The quantitative estimate of drug-likeness (QED) is 0.872. The Kier molecular flexibility index (Phi) is 5.16. The normalized spacial score (nSPS) is 21.3. The van der Waals surface area contributed by atoms with E-state index in [1.807, 2.05) is 19.0 Å². The number of amides is 1. The molecule has 1 fully saturated rings. The van der Waals surface area contributed by atoms with E-state index in [4.69, 9.17) is 0 Å². The molecule has 0 aromatic carbocycles. The number of pyridine rings is 1. The second-order valence-electron chi connectivity index (χ2n) is 6.52. The Morgan fingerprint density at radius 1 is 1.38 bits per heavy atom. The number of halogens is 3. The van der Waals surface area contributed by atoms with Gasteiger partial charge in [0.2, 0.25) is 5.91 Å². The van der Waals surface area contributed by atoms with Crippen molar-refractivity contribution in [3.05, 3.63) is 29.7 Å². The fraction of sp³-hybridized carbons (Fsp3) is 0.562. The summed E-state index contributed by atoms with van der Waals surface area (Å²) >= 11 is 1.73. The van der Waals surface area contributed by atoms with Crippen molar-refractivity contribution >= 4 is 23.3 Å². The van der Waals surface area contributed by atoms with Crippen molar-refractivity contribution in [1.29, 1.82) is 0 Å². The number of rotatable bonds is 4. The molecule has 1 unspecified atom stereocenters. The lowest BCUT2D eigenvalue weighted by Crippen LogP contribution is -2.59. The van der Waals surface area contributed by atoms with Gasteiger partial charge in [0.25, 0.3) is 0 Å². The van der Waals surface area contributed by atoms with E-state index < -0.39 is 17.3 Å². The maximum atomic E-state index is 12.9. The molecule has 0 radical (unpaired) electrons. The van der Waals surface area contributed by atoms with Crippen molar-refractivity contribution in [2.24, 2.45) is 0 Å². The Bertz CT molecular complexity index is 799. The Hall–Kier alpha value is -1.81. The van der Waals surface area contributed by atoms with Gasteiger partial charge in [0, 0.05) is 11.9 Å². The summed E-state index contributed by atoms with van der Waals surface area (Å²) < 4.78 is 40.0. The zero-order valence-electron chi connectivity index (χ0n) is 14.5. The van der Waals surface area contributed by atoms with E-state index in [1.165, 1.54) is 10.5 Å². The lowest BCUT2D eigenvalue weighted by Gasteiger charge is -2.40. The number of carbonyl (C=O) groups is 1. The minimum Gasteiger partial charge on any atom is -0.347 e. The van der Waals surface area contributed by atoms with Gasteiger partial charge in [0.1, 0.15) is 5.54 Å². The van der Waals surface area contributed by atoms with Gasteiger partial charge in [0.15, 0.2) is 11.5 Å². The minimum absolute atomic E-state index is 0.0154. The molecule has 3 heterocycles. The summed E-state index contributed by atoms with van der Waals surface area (Å²) in [5.41, 5.74) is -1.09. The molecule has 0 aliphatic carbocycles. The second-order valence-corrected chi connectivity index (χ2v) is 7.63. The molecule has 1 N–H and O–H groups in total. The monoisotopic (exact) mass is 387 g/mol. The average Bonchev–Trinajstić information content (AvgIpc) is 3.01. The first-order valence-corrected chi connectivity index (χ1v) is 9.34. The highest BCUT2D eigenvalue weighted by atomic mass is 32.2. The first-order chi connectivity index (χ1) is 12.2. The molecule has 26 heavy (non-hydrogen) atoms. The Morgan fingerprint density at radius 2 is 2.15 bits per heavy atom. The molecule has 10 heteroatoms. The second kappa shape index (κ2) is 7.07. The molecule has 1 aliphatic heterocycles. The first kappa shape index (κ1) is 19.0.